The number of nitrogens with zero attached hydrogens (tertiary/aromatic N) is 1. The van der Waals surface area contributed by atoms with Crippen molar-refractivity contribution in [3.05, 3.63) is 32.0 Å². The minimum Gasteiger partial charge on any atom is -0.355 e. The second-order valence-electron chi connectivity index (χ2n) is 4.40. The molecule has 2 heterocycles. The van der Waals surface area contributed by atoms with Gasteiger partial charge in [-0.2, -0.15) is 0 Å². The number of thiazole rings is 1. The van der Waals surface area contributed by atoms with Gasteiger partial charge in [0.2, 0.25) is 0 Å². The van der Waals surface area contributed by atoms with Gasteiger partial charge >= 0.3 is 0 Å². The van der Waals surface area contributed by atoms with Gasteiger partial charge in [-0.25, -0.2) is 4.98 Å². The Morgan fingerprint density at radius 1 is 1.12 bits per heavy atom. The average Bonchev–Trinajstić information content (AvgIpc) is 2.71. The highest BCUT2D eigenvalue weighted by molar-refractivity contribution is 7.15. The summed E-state index contributed by atoms with van der Waals surface area (Å²) in [6.07, 6.45) is 0. The van der Waals surface area contributed by atoms with Crippen molar-refractivity contribution in [1.29, 1.82) is 0 Å². The molecular formula is C13H18N2S2. The van der Waals surface area contributed by atoms with E-state index in [1.807, 2.05) is 11.3 Å². The van der Waals surface area contributed by atoms with Crippen molar-refractivity contribution in [2.24, 2.45) is 0 Å². The van der Waals surface area contributed by atoms with Gasteiger partial charge in [0, 0.05) is 14.6 Å². The lowest BCUT2D eigenvalue weighted by Crippen LogP contribution is -2.06. The first-order valence-corrected chi connectivity index (χ1v) is 7.38. The molecule has 2 aromatic heterocycles. The molecule has 0 saturated carbocycles. The van der Waals surface area contributed by atoms with Crippen LogP contribution < -0.4 is 5.32 Å². The summed E-state index contributed by atoms with van der Waals surface area (Å²) in [7, 11) is 0. The van der Waals surface area contributed by atoms with Crippen LogP contribution in [0.5, 0.6) is 0 Å². The Kier molecular flexibility index (Phi) is 3.54. The lowest BCUT2D eigenvalue weighted by Gasteiger charge is -2.12. The molecule has 0 fully saturated rings. The molecule has 0 spiro atoms. The maximum absolute atomic E-state index is 4.52. The number of aromatic nitrogens is 1. The van der Waals surface area contributed by atoms with Crippen LogP contribution >= 0.6 is 22.7 Å². The summed E-state index contributed by atoms with van der Waals surface area (Å²) in [4.78, 5) is 8.58. The number of aryl methyl sites for hydroxylation is 4. The van der Waals surface area contributed by atoms with Gasteiger partial charge in [-0.1, -0.05) is 0 Å². The maximum Gasteiger partial charge on any atom is 0.183 e. The van der Waals surface area contributed by atoms with Crippen LogP contribution in [0.4, 0.5) is 5.13 Å². The first kappa shape index (κ1) is 12.6. The van der Waals surface area contributed by atoms with Crippen LogP contribution in [0.3, 0.4) is 0 Å². The molecule has 17 heavy (non-hydrogen) atoms. The molecule has 0 bridgehead atoms. The van der Waals surface area contributed by atoms with Gasteiger partial charge in [-0.3, -0.25) is 0 Å². The third kappa shape index (κ3) is 2.69. The second kappa shape index (κ2) is 4.78. The first-order chi connectivity index (χ1) is 7.97. The highest BCUT2D eigenvalue weighted by Crippen LogP contribution is 2.30. The Morgan fingerprint density at radius 2 is 1.82 bits per heavy atom. The molecule has 2 rings (SSSR count). The molecule has 0 aliphatic rings. The topological polar surface area (TPSA) is 24.9 Å². The monoisotopic (exact) mass is 266 g/mol. The first-order valence-electron chi connectivity index (χ1n) is 5.75. The Bertz CT molecular complexity index is 506. The number of hydrogen-bond acceptors (Lipinski definition) is 4. The highest BCUT2D eigenvalue weighted by Gasteiger charge is 2.13. The van der Waals surface area contributed by atoms with E-state index in [-0.39, 0.29) is 0 Å². The number of anilines is 1. The number of rotatable bonds is 3. The fraction of sp³-hybridized carbons (Fsp3) is 0.462. The van der Waals surface area contributed by atoms with E-state index in [0.29, 0.717) is 6.04 Å². The molecule has 1 N–H and O–H groups in total. The van der Waals surface area contributed by atoms with Crippen LogP contribution in [0.15, 0.2) is 6.07 Å². The molecule has 1 atom stereocenters. The average molecular weight is 266 g/mol. The van der Waals surface area contributed by atoms with E-state index < -0.39 is 0 Å². The minimum absolute atomic E-state index is 0.324. The maximum atomic E-state index is 4.52. The van der Waals surface area contributed by atoms with Crippen LogP contribution in [-0.2, 0) is 0 Å². The predicted octanol–water partition coefficient (Wildman–Crippen LogP) is 4.61. The molecule has 0 radical (unpaired) electrons. The largest absolute Gasteiger partial charge is 0.355 e. The number of nitrogens with one attached hydrogen (secondary N) is 1. The number of thiophene rings is 1. The summed E-state index contributed by atoms with van der Waals surface area (Å²) in [5, 5.41) is 4.51. The summed E-state index contributed by atoms with van der Waals surface area (Å²) in [5.74, 6) is 0. The van der Waals surface area contributed by atoms with Crippen LogP contribution in [0, 0.1) is 27.7 Å². The standard InChI is InChI=1S/C13H18N2S2/c1-7-6-12(11(5)16-7)9(3)15-13-14-8(2)10(4)17-13/h6,9H,1-5H3,(H,14,15). The van der Waals surface area contributed by atoms with Crippen LogP contribution in [0.25, 0.3) is 0 Å². The van der Waals surface area contributed by atoms with Crippen LogP contribution in [-0.4, -0.2) is 4.98 Å². The zero-order valence-corrected chi connectivity index (χ0v) is 12.6. The van der Waals surface area contributed by atoms with Crippen molar-refractivity contribution in [2.45, 2.75) is 40.7 Å². The van der Waals surface area contributed by atoms with Crippen molar-refractivity contribution < 1.29 is 0 Å². The number of hydrogen-bond donors (Lipinski definition) is 1. The molecule has 0 aromatic carbocycles. The molecule has 0 amide bonds. The van der Waals surface area contributed by atoms with Gasteiger partial charge in [0.1, 0.15) is 0 Å². The fourth-order valence-corrected chi connectivity index (χ4v) is 3.80. The molecule has 4 heteroatoms. The summed E-state index contributed by atoms with van der Waals surface area (Å²) < 4.78 is 0. The summed E-state index contributed by atoms with van der Waals surface area (Å²) in [6, 6.07) is 2.59. The van der Waals surface area contributed by atoms with Gasteiger partial charge in [0.25, 0.3) is 0 Å². The van der Waals surface area contributed by atoms with Crippen molar-refractivity contribution in [3.8, 4) is 0 Å². The van der Waals surface area contributed by atoms with Gasteiger partial charge in [-0.05, 0) is 46.2 Å². The Balaban J connectivity index is 2.16. The SMILES string of the molecule is Cc1cc(C(C)Nc2nc(C)c(C)s2)c(C)s1. The Morgan fingerprint density at radius 3 is 2.29 bits per heavy atom. The van der Waals surface area contributed by atoms with Gasteiger partial charge < -0.3 is 5.32 Å². The molecular weight excluding hydrogens is 248 g/mol. The van der Waals surface area contributed by atoms with E-state index in [1.54, 1.807) is 11.3 Å². The van der Waals surface area contributed by atoms with E-state index in [1.165, 1.54) is 20.2 Å². The molecule has 0 aliphatic carbocycles. The summed E-state index contributed by atoms with van der Waals surface area (Å²) in [5.41, 5.74) is 2.51. The molecule has 2 aromatic rings. The predicted molar refractivity (Wildman–Crippen MR) is 77.4 cm³/mol. The van der Waals surface area contributed by atoms with E-state index >= 15 is 0 Å². The lowest BCUT2D eigenvalue weighted by molar-refractivity contribution is 0.877. The van der Waals surface area contributed by atoms with Crippen molar-refractivity contribution in [2.75, 3.05) is 5.32 Å². The van der Waals surface area contributed by atoms with Crippen molar-refractivity contribution >= 4 is 27.8 Å². The summed E-state index contributed by atoms with van der Waals surface area (Å²) in [6.45, 7) is 10.7. The van der Waals surface area contributed by atoms with Gasteiger partial charge in [0.15, 0.2) is 5.13 Å². The van der Waals surface area contributed by atoms with Gasteiger partial charge in [0.05, 0.1) is 11.7 Å². The molecule has 2 nitrogen and oxygen atoms in total. The van der Waals surface area contributed by atoms with Crippen molar-refractivity contribution in [1.82, 2.24) is 4.98 Å². The zero-order valence-electron chi connectivity index (χ0n) is 10.9. The van der Waals surface area contributed by atoms with E-state index in [4.69, 9.17) is 0 Å². The van der Waals surface area contributed by atoms with Crippen molar-refractivity contribution in [3.63, 3.8) is 0 Å². The quantitative estimate of drug-likeness (QED) is 0.877. The lowest BCUT2D eigenvalue weighted by atomic mass is 10.1. The van der Waals surface area contributed by atoms with E-state index in [0.717, 1.165) is 10.8 Å². The summed E-state index contributed by atoms with van der Waals surface area (Å²) >= 11 is 3.59. The highest BCUT2D eigenvalue weighted by atomic mass is 32.1. The minimum atomic E-state index is 0.324. The van der Waals surface area contributed by atoms with Crippen LogP contribution in [0.2, 0.25) is 0 Å². The second-order valence-corrected chi connectivity index (χ2v) is 7.06. The Hall–Kier alpha value is -0.870. The van der Waals surface area contributed by atoms with E-state index in [9.17, 15) is 0 Å². The van der Waals surface area contributed by atoms with Crippen LogP contribution in [0.1, 0.15) is 38.9 Å². The Labute approximate surface area is 111 Å². The zero-order chi connectivity index (χ0) is 12.6. The smallest absolute Gasteiger partial charge is 0.183 e. The third-order valence-electron chi connectivity index (χ3n) is 2.91. The van der Waals surface area contributed by atoms with E-state index in [2.05, 4.69) is 51.0 Å². The molecule has 1 unspecified atom stereocenters. The third-order valence-corrected chi connectivity index (χ3v) is 4.90. The molecule has 0 saturated heterocycles. The molecule has 92 valence electrons. The fourth-order valence-electron chi connectivity index (χ4n) is 1.88. The molecule has 0 aliphatic heterocycles. The van der Waals surface area contributed by atoms with Gasteiger partial charge in [-0.15, -0.1) is 22.7 Å². The normalized spacial score (nSPS) is 12.8.